The zero-order chi connectivity index (χ0) is 13.9. The number of carbonyl (C=O) groups is 1. The van der Waals surface area contributed by atoms with Crippen molar-refractivity contribution >= 4 is 5.91 Å². The van der Waals surface area contributed by atoms with Gasteiger partial charge in [0.25, 0.3) is 0 Å². The van der Waals surface area contributed by atoms with E-state index in [1.807, 2.05) is 0 Å². The molecule has 3 fully saturated rings. The van der Waals surface area contributed by atoms with Crippen LogP contribution in [0.25, 0.3) is 0 Å². The van der Waals surface area contributed by atoms with Gasteiger partial charge in [-0.05, 0) is 51.1 Å². The molecule has 114 valence electrons. The first-order valence-corrected chi connectivity index (χ1v) is 8.51. The summed E-state index contributed by atoms with van der Waals surface area (Å²) in [5.41, 5.74) is 5.68. The summed E-state index contributed by atoms with van der Waals surface area (Å²) in [6, 6.07) is 0.649. The topological polar surface area (TPSA) is 49.6 Å². The molecule has 1 aliphatic carbocycles. The van der Waals surface area contributed by atoms with Crippen molar-refractivity contribution in [3.05, 3.63) is 0 Å². The molecule has 2 N–H and O–H groups in total. The summed E-state index contributed by atoms with van der Waals surface area (Å²) < 4.78 is 0. The van der Waals surface area contributed by atoms with Crippen LogP contribution in [0.4, 0.5) is 0 Å². The molecule has 3 aliphatic rings. The molecule has 3 unspecified atom stereocenters. The van der Waals surface area contributed by atoms with Gasteiger partial charge in [0.05, 0.1) is 0 Å². The van der Waals surface area contributed by atoms with Gasteiger partial charge >= 0.3 is 0 Å². The summed E-state index contributed by atoms with van der Waals surface area (Å²) in [5, 5.41) is 0. The van der Waals surface area contributed by atoms with Crippen molar-refractivity contribution < 1.29 is 4.79 Å². The number of fused-ring (bicyclic) bond motifs is 1. The van der Waals surface area contributed by atoms with E-state index in [0.717, 1.165) is 45.4 Å². The first-order valence-electron chi connectivity index (χ1n) is 8.51. The second-order valence-corrected chi connectivity index (χ2v) is 6.92. The van der Waals surface area contributed by atoms with Gasteiger partial charge in [-0.15, -0.1) is 0 Å². The predicted molar refractivity (Wildman–Crippen MR) is 80.3 cm³/mol. The Morgan fingerprint density at radius 2 is 2.00 bits per heavy atom. The number of hydrogen-bond acceptors (Lipinski definition) is 3. The normalized spacial score (nSPS) is 35.0. The van der Waals surface area contributed by atoms with Gasteiger partial charge in [0, 0.05) is 31.6 Å². The van der Waals surface area contributed by atoms with E-state index in [-0.39, 0.29) is 5.92 Å². The molecule has 1 saturated carbocycles. The van der Waals surface area contributed by atoms with Crippen molar-refractivity contribution in [1.82, 2.24) is 9.80 Å². The fourth-order valence-electron chi connectivity index (χ4n) is 4.46. The van der Waals surface area contributed by atoms with Crippen LogP contribution in [0.5, 0.6) is 0 Å². The fraction of sp³-hybridized carbons (Fsp3) is 0.938. The Labute approximate surface area is 122 Å². The number of rotatable bonds is 3. The number of piperazine rings is 1. The standard InChI is InChI=1S/C16H29N3O/c17-7-6-13-3-1-4-14(11-13)16(20)19-10-9-18-8-2-5-15(18)12-19/h13-15H,1-12,17H2. The Bertz CT molecular complexity index is 345. The van der Waals surface area contributed by atoms with E-state index in [1.165, 1.54) is 32.2 Å². The Kier molecular flexibility index (Phi) is 4.61. The average molecular weight is 279 g/mol. The number of amides is 1. The van der Waals surface area contributed by atoms with Crippen LogP contribution >= 0.6 is 0 Å². The molecule has 1 amide bonds. The average Bonchev–Trinajstić information content (AvgIpc) is 2.94. The zero-order valence-electron chi connectivity index (χ0n) is 12.6. The van der Waals surface area contributed by atoms with Crippen LogP contribution in [0, 0.1) is 11.8 Å². The maximum atomic E-state index is 12.8. The first kappa shape index (κ1) is 14.3. The van der Waals surface area contributed by atoms with Crippen molar-refractivity contribution in [2.24, 2.45) is 17.6 Å². The zero-order valence-corrected chi connectivity index (χ0v) is 12.6. The predicted octanol–water partition coefficient (Wildman–Crippen LogP) is 1.45. The van der Waals surface area contributed by atoms with Crippen LogP contribution in [-0.4, -0.2) is 54.5 Å². The van der Waals surface area contributed by atoms with Crippen LogP contribution in [0.15, 0.2) is 0 Å². The molecule has 4 heteroatoms. The lowest BCUT2D eigenvalue weighted by atomic mass is 9.79. The molecule has 0 aromatic carbocycles. The molecule has 0 bridgehead atoms. The highest BCUT2D eigenvalue weighted by Crippen LogP contribution is 2.33. The molecule has 0 radical (unpaired) electrons. The minimum absolute atomic E-state index is 0.285. The van der Waals surface area contributed by atoms with Gasteiger partial charge in [-0.3, -0.25) is 9.69 Å². The molecule has 3 rings (SSSR count). The van der Waals surface area contributed by atoms with E-state index < -0.39 is 0 Å². The minimum Gasteiger partial charge on any atom is -0.340 e. The highest BCUT2D eigenvalue weighted by atomic mass is 16.2. The Hall–Kier alpha value is -0.610. The van der Waals surface area contributed by atoms with Gasteiger partial charge in [0.1, 0.15) is 0 Å². The van der Waals surface area contributed by atoms with Gasteiger partial charge in [-0.2, -0.15) is 0 Å². The van der Waals surface area contributed by atoms with Gasteiger partial charge in [0.2, 0.25) is 5.91 Å². The Morgan fingerprint density at radius 3 is 2.85 bits per heavy atom. The minimum atomic E-state index is 0.285. The summed E-state index contributed by atoms with van der Waals surface area (Å²) in [4.78, 5) is 17.5. The lowest BCUT2D eigenvalue weighted by molar-refractivity contribution is -0.139. The van der Waals surface area contributed by atoms with E-state index in [0.29, 0.717) is 17.9 Å². The van der Waals surface area contributed by atoms with Gasteiger partial charge in [-0.1, -0.05) is 12.8 Å². The van der Waals surface area contributed by atoms with E-state index in [9.17, 15) is 4.79 Å². The van der Waals surface area contributed by atoms with Gasteiger partial charge < -0.3 is 10.6 Å². The summed E-state index contributed by atoms with van der Waals surface area (Å²) in [7, 11) is 0. The van der Waals surface area contributed by atoms with Crippen molar-refractivity contribution in [3.63, 3.8) is 0 Å². The smallest absolute Gasteiger partial charge is 0.225 e. The maximum Gasteiger partial charge on any atom is 0.225 e. The Balaban J connectivity index is 1.55. The van der Waals surface area contributed by atoms with Gasteiger partial charge in [-0.25, -0.2) is 0 Å². The largest absolute Gasteiger partial charge is 0.340 e. The second kappa shape index (κ2) is 6.44. The van der Waals surface area contributed by atoms with Crippen molar-refractivity contribution in [1.29, 1.82) is 0 Å². The lowest BCUT2D eigenvalue weighted by Crippen LogP contribution is -2.53. The third kappa shape index (κ3) is 3.01. The molecule has 2 aliphatic heterocycles. The van der Waals surface area contributed by atoms with Crippen LogP contribution in [0.2, 0.25) is 0 Å². The van der Waals surface area contributed by atoms with Crippen molar-refractivity contribution in [2.45, 2.75) is 51.0 Å². The van der Waals surface area contributed by atoms with E-state index in [4.69, 9.17) is 5.73 Å². The first-order chi connectivity index (χ1) is 9.78. The van der Waals surface area contributed by atoms with E-state index in [2.05, 4.69) is 9.80 Å². The summed E-state index contributed by atoms with van der Waals surface area (Å²) in [6.07, 6.45) is 8.37. The molecule has 20 heavy (non-hydrogen) atoms. The number of nitrogens with two attached hydrogens (primary N) is 1. The molecule has 0 aromatic rings. The molecule has 0 aromatic heterocycles. The molecule has 0 spiro atoms. The van der Waals surface area contributed by atoms with Crippen LogP contribution in [0.3, 0.4) is 0 Å². The molecular formula is C16H29N3O. The lowest BCUT2D eigenvalue weighted by Gasteiger charge is -2.40. The Morgan fingerprint density at radius 1 is 1.10 bits per heavy atom. The molecule has 3 atom stereocenters. The summed E-state index contributed by atoms with van der Waals surface area (Å²) in [5.74, 6) is 1.42. The summed E-state index contributed by atoms with van der Waals surface area (Å²) >= 11 is 0. The highest BCUT2D eigenvalue weighted by molar-refractivity contribution is 5.79. The van der Waals surface area contributed by atoms with E-state index in [1.54, 1.807) is 0 Å². The van der Waals surface area contributed by atoms with Crippen LogP contribution in [0.1, 0.15) is 44.9 Å². The third-order valence-corrected chi connectivity index (χ3v) is 5.61. The van der Waals surface area contributed by atoms with Crippen molar-refractivity contribution in [2.75, 3.05) is 32.7 Å². The molecule has 2 heterocycles. The highest BCUT2D eigenvalue weighted by Gasteiger charge is 2.36. The maximum absolute atomic E-state index is 12.8. The van der Waals surface area contributed by atoms with E-state index >= 15 is 0 Å². The SMILES string of the molecule is NCCC1CCCC(C(=O)N2CCN3CCCC3C2)C1. The van der Waals surface area contributed by atoms with Gasteiger partial charge in [0.15, 0.2) is 0 Å². The third-order valence-electron chi connectivity index (χ3n) is 5.61. The number of hydrogen-bond donors (Lipinski definition) is 1. The molecule has 4 nitrogen and oxygen atoms in total. The number of nitrogens with zero attached hydrogens (tertiary/aromatic N) is 2. The van der Waals surface area contributed by atoms with Crippen molar-refractivity contribution in [3.8, 4) is 0 Å². The summed E-state index contributed by atoms with van der Waals surface area (Å²) in [6.45, 7) is 5.04. The number of carbonyl (C=O) groups excluding carboxylic acids is 1. The monoisotopic (exact) mass is 279 g/mol. The van der Waals surface area contributed by atoms with Crippen LogP contribution < -0.4 is 5.73 Å². The molecule has 2 saturated heterocycles. The second-order valence-electron chi connectivity index (χ2n) is 6.92. The quantitative estimate of drug-likeness (QED) is 0.850. The molecular weight excluding hydrogens is 250 g/mol. The fourth-order valence-corrected chi connectivity index (χ4v) is 4.46. The van der Waals surface area contributed by atoms with Crippen LogP contribution in [-0.2, 0) is 4.79 Å².